The molecule has 0 radical (unpaired) electrons. The summed E-state index contributed by atoms with van der Waals surface area (Å²) in [6, 6.07) is 6.84. The lowest BCUT2D eigenvalue weighted by molar-refractivity contribution is 0.0733. The molecule has 30 heavy (non-hydrogen) atoms. The van der Waals surface area contributed by atoms with Gasteiger partial charge in [0.25, 0.3) is 5.91 Å². The first-order valence-electron chi connectivity index (χ1n) is 9.45. The van der Waals surface area contributed by atoms with E-state index in [0.717, 1.165) is 30.4 Å². The molecule has 0 spiro atoms. The zero-order valence-corrected chi connectivity index (χ0v) is 18.6. The molecule has 1 aliphatic carbocycles. The molecule has 1 N–H and O–H groups in total. The molecule has 0 unspecified atom stereocenters. The number of nitrogens with zero attached hydrogens (tertiary/aromatic N) is 3. The van der Waals surface area contributed by atoms with Crippen LogP contribution in [0.4, 0.5) is 0 Å². The van der Waals surface area contributed by atoms with E-state index >= 15 is 0 Å². The number of amides is 1. The SMILES string of the molecule is Cn1cc(C(=O)Oc2ccc(C=NNC(=O)c3csc4c3CCCC4)cc2)c(Br)n1. The van der Waals surface area contributed by atoms with E-state index in [2.05, 4.69) is 31.6 Å². The van der Waals surface area contributed by atoms with Crippen LogP contribution in [0.3, 0.4) is 0 Å². The molecule has 1 amide bonds. The van der Waals surface area contributed by atoms with Crippen LogP contribution in [0, 0.1) is 0 Å². The molecule has 2 heterocycles. The van der Waals surface area contributed by atoms with Crippen molar-refractivity contribution in [2.45, 2.75) is 25.7 Å². The Kier molecular flexibility index (Phi) is 6.10. The van der Waals surface area contributed by atoms with Crippen molar-refractivity contribution in [1.82, 2.24) is 15.2 Å². The Bertz CT molecular complexity index is 1120. The Morgan fingerprint density at radius 3 is 2.73 bits per heavy atom. The zero-order chi connectivity index (χ0) is 21.1. The van der Waals surface area contributed by atoms with E-state index < -0.39 is 5.97 Å². The number of thiophene rings is 1. The largest absolute Gasteiger partial charge is 0.423 e. The third kappa shape index (κ3) is 4.52. The molecule has 0 atom stereocenters. The lowest BCUT2D eigenvalue weighted by atomic mass is 9.96. The highest BCUT2D eigenvalue weighted by Crippen LogP contribution is 2.30. The third-order valence-corrected chi connectivity index (χ3v) is 6.45. The van der Waals surface area contributed by atoms with Gasteiger partial charge in [-0.25, -0.2) is 10.2 Å². The number of carbonyl (C=O) groups is 2. The van der Waals surface area contributed by atoms with Crippen LogP contribution in [0.2, 0.25) is 0 Å². The van der Waals surface area contributed by atoms with Gasteiger partial charge in [-0.05, 0) is 77.0 Å². The number of carbonyl (C=O) groups excluding carboxylic acids is 2. The smallest absolute Gasteiger partial charge is 0.347 e. The van der Waals surface area contributed by atoms with Crippen molar-refractivity contribution in [3.8, 4) is 5.75 Å². The second-order valence-corrected chi connectivity index (χ2v) is 8.64. The number of hydrazone groups is 1. The molecule has 154 valence electrons. The highest BCUT2D eigenvalue weighted by Gasteiger charge is 2.20. The van der Waals surface area contributed by atoms with E-state index in [4.69, 9.17) is 4.74 Å². The van der Waals surface area contributed by atoms with Crippen molar-refractivity contribution in [3.63, 3.8) is 0 Å². The highest BCUT2D eigenvalue weighted by molar-refractivity contribution is 9.10. The fraction of sp³-hybridized carbons (Fsp3) is 0.238. The van der Waals surface area contributed by atoms with E-state index in [1.54, 1.807) is 55.1 Å². The summed E-state index contributed by atoms with van der Waals surface area (Å²) in [5, 5.41) is 10.0. The minimum absolute atomic E-state index is 0.182. The Balaban J connectivity index is 1.35. The lowest BCUT2D eigenvalue weighted by Gasteiger charge is -2.11. The van der Waals surface area contributed by atoms with Crippen LogP contribution >= 0.6 is 27.3 Å². The summed E-state index contributed by atoms with van der Waals surface area (Å²) in [6.45, 7) is 0. The summed E-state index contributed by atoms with van der Waals surface area (Å²) in [5.41, 5.74) is 5.62. The topological polar surface area (TPSA) is 85.6 Å². The van der Waals surface area contributed by atoms with Gasteiger partial charge in [-0.1, -0.05) is 0 Å². The van der Waals surface area contributed by atoms with E-state index in [9.17, 15) is 9.59 Å². The number of aryl methyl sites for hydroxylation is 2. The molecule has 0 fully saturated rings. The second-order valence-electron chi connectivity index (χ2n) is 6.92. The number of nitrogens with one attached hydrogen (secondary N) is 1. The zero-order valence-electron chi connectivity index (χ0n) is 16.2. The molecule has 3 aromatic rings. The van der Waals surface area contributed by atoms with Gasteiger partial charge in [0, 0.05) is 23.5 Å². The van der Waals surface area contributed by atoms with E-state index in [1.807, 2.05) is 5.38 Å². The van der Waals surface area contributed by atoms with Crippen molar-refractivity contribution < 1.29 is 14.3 Å². The van der Waals surface area contributed by atoms with Crippen molar-refractivity contribution in [2.75, 3.05) is 0 Å². The van der Waals surface area contributed by atoms with Crippen LogP contribution in [-0.2, 0) is 19.9 Å². The molecule has 0 bridgehead atoms. The Hall–Kier alpha value is -2.78. The number of rotatable bonds is 5. The fourth-order valence-electron chi connectivity index (χ4n) is 3.29. The van der Waals surface area contributed by atoms with Crippen LogP contribution in [0.15, 0.2) is 45.5 Å². The summed E-state index contributed by atoms with van der Waals surface area (Å²) in [7, 11) is 1.72. The molecular weight excluding hydrogens is 468 g/mol. The van der Waals surface area contributed by atoms with Gasteiger partial charge in [0.15, 0.2) is 0 Å². The Labute approximate surface area is 185 Å². The quantitative estimate of drug-likeness (QED) is 0.254. The average molecular weight is 487 g/mol. The van der Waals surface area contributed by atoms with Gasteiger partial charge < -0.3 is 4.74 Å². The number of hydrogen-bond acceptors (Lipinski definition) is 6. The summed E-state index contributed by atoms with van der Waals surface area (Å²) in [5.74, 6) is -0.275. The number of esters is 1. The van der Waals surface area contributed by atoms with Gasteiger partial charge >= 0.3 is 5.97 Å². The maximum absolute atomic E-state index is 12.4. The van der Waals surface area contributed by atoms with Gasteiger partial charge in [-0.15, -0.1) is 11.3 Å². The number of hydrogen-bond donors (Lipinski definition) is 1. The molecular formula is C21H19BrN4O3S. The number of ether oxygens (including phenoxy) is 1. The van der Waals surface area contributed by atoms with Crippen molar-refractivity contribution in [3.05, 3.63) is 67.6 Å². The first-order valence-corrected chi connectivity index (χ1v) is 11.1. The van der Waals surface area contributed by atoms with Crippen molar-refractivity contribution in [1.29, 1.82) is 0 Å². The summed E-state index contributed by atoms with van der Waals surface area (Å²) >= 11 is 4.89. The molecule has 1 aliphatic rings. The van der Waals surface area contributed by atoms with Crippen molar-refractivity contribution >= 4 is 45.4 Å². The van der Waals surface area contributed by atoms with Gasteiger partial charge in [-0.3, -0.25) is 9.48 Å². The van der Waals surface area contributed by atoms with Crippen LogP contribution in [0.1, 0.15) is 49.6 Å². The number of fused-ring (bicyclic) bond motifs is 1. The Morgan fingerprint density at radius 2 is 2.00 bits per heavy atom. The first-order chi connectivity index (χ1) is 14.5. The van der Waals surface area contributed by atoms with Crippen LogP contribution in [0.5, 0.6) is 5.75 Å². The standard InChI is InChI=1S/C21H19BrN4O3S/c1-26-11-16(19(22)25-26)21(28)29-14-8-6-13(7-9-14)10-23-24-20(27)17-12-30-18-5-3-2-4-15(17)18/h6-12H,2-5H2,1H3,(H,24,27). The molecule has 0 aliphatic heterocycles. The average Bonchev–Trinajstić information content (AvgIpc) is 3.32. The Morgan fingerprint density at radius 1 is 1.23 bits per heavy atom. The first kappa shape index (κ1) is 20.5. The molecule has 7 nitrogen and oxygen atoms in total. The number of halogens is 1. The van der Waals surface area contributed by atoms with Gasteiger partial charge in [0.2, 0.25) is 0 Å². The fourth-order valence-corrected chi connectivity index (χ4v) is 4.93. The number of benzene rings is 1. The summed E-state index contributed by atoms with van der Waals surface area (Å²) in [6.07, 6.45) is 7.48. The van der Waals surface area contributed by atoms with Gasteiger partial charge in [0.05, 0.1) is 11.8 Å². The highest BCUT2D eigenvalue weighted by atomic mass is 79.9. The predicted molar refractivity (Wildman–Crippen MR) is 118 cm³/mol. The van der Waals surface area contributed by atoms with Crippen LogP contribution < -0.4 is 10.2 Å². The lowest BCUT2D eigenvalue weighted by Crippen LogP contribution is -2.19. The van der Waals surface area contributed by atoms with Crippen molar-refractivity contribution in [2.24, 2.45) is 12.1 Å². The molecule has 0 saturated carbocycles. The predicted octanol–water partition coefficient (Wildman–Crippen LogP) is 4.11. The van der Waals surface area contributed by atoms with Crippen LogP contribution in [-0.4, -0.2) is 27.9 Å². The minimum atomic E-state index is -0.497. The molecule has 0 saturated heterocycles. The minimum Gasteiger partial charge on any atom is -0.423 e. The van der Waals surface area contributed by atoms with Gasteiger partial charge in [0.1, 0.15) is 15.9 Å². The monoisotopic (exact) mass is 486 g/mol. The summed E-state index contributed by atoms with van der Waals surface area (Å²) < 4.78 is 7.32. The maximum atomic E-state index is 12.4. The summed E-state index contributed by atoms with van der Waals surface area (Å²) in [4.78, 5) is 26.0. The van der Waals surface area contributed by atoms with E-state index in [0.29, 0.717) is 15.9 Å². The van der Waals surface area contributed by atoms with E-state index in [-0.39, 0.29) is 5.91 Å². The van der Waals surface area contributed by atoms with Gasteiger partial charge in [-0.2, -0.15) is 10.2 Å². The molecule has 2 aromatic heterocycles. The van der Waals surface area contributed by atoms with Crippen LogP contribution in [0.25, 0.3) is 0 Å². The maximum Gasteiger partial charge on any atom is 0.347 e. The normalized spacial score (nSPS) is 13.3. The van der Waals surface area contributed by atoms with E-state index in [1.165, 1.54) is 21.5 Å². The molecule has 9 heteroatoms. The molecule has 4 rings (SSSR count). The molecule has 1 aromatic carbocycles. The second kappa shape index (κ2) is 8.93. The number of aromatic nitrogens is 2. The third-order valence-electron chi connectivity index (χ3n) is 4.78.